The van der Waals surface area contributed by atoms with Gasteiger partial charge in [-0.1, -0.05) is 5.16 Å². The van der Waals surface area contributed by atoms with Gasteiger partial charge in [-0.05, 0) is 20.8 Å². The smallest absolute Gasteiger partial charge is 0.317 e. The van der Waals surface area contributed by atoms with Crippen LogP contribution in [0.4, 0.5) is 4.79 Å². The summed E-state index contributed by atoms with van der Waals surface area (Å²) in [5, 5.41) is 6.85. The molecule has 1 fully saturated rings. The number of nitrogens with one attached hydrogen (secondary N) is 1. The molecule has 7 nitrogen and oxygen atoms in total. The van der Waals surface area contributed by atoms with Crippen LogP contribution in [0.3, 0.4) is 0 Å². The van der Waals surface area contributed by atoms with Gasteiger partial charge in [-0.25, -0.2) is 4.79 Å². The molecule has 21 heavy (non-hydrogen) atoms. The highest BCUT2D eigenvalue weighted by Gasteiger charge is 2.31. The monoisotopic (exact) mass is 297 g/mol. The van der Waals surface area contributed by atoms with Gasteiger partial charge in [0.25, 0.3) is 0 Å². The summed E-state index contributed by atoms with van der Waals surface area (Å²) in [6, 6.07) is -0.264. The second-order valence-corrected chi connectivity index (χ2v) is 5.25. The van der Waals surface area contributed by atoms with Gasteiger partial charge < -0.3 is 24.2 Å². The third kappa shape index (κ3) is 3.74. The topological polar surface area (TPSA) is 76.8 Å². The number of urea groups is 1. The first kappa shape index (κ1) is 15.8. The Kier molecular flexibility index (Phi) is 5.19. The minimum atomic E-state index is -0.157. The average molecular weight is 297 g/mol. The zero-order valence-corrected chi connectivity index (χ0v) is 13.0. The molecule has 2 amide bonds. The first-order valence-electron chi connectivity index (χ1n) is 7.15. The van der Waals surface area contributed by atoms with Crippen molar-refractivity contribution in [3.8, 4) is 0 Å². The van der Waals surface area contributed by atoms with E-state index in [1.807, 2.05) is 20.8 Å². The molecular weight excluding hydrogens is 274 g/mol. The number of amides is 2. The van der Waals surface area contributed by atoms with Crippen LogP contribution in [0.2, 0.25) is 0 Å². The number of carbonyl (C=O) groups is 1. The van der Waals surface area contributed by atoms with Crippen LogP contribution < -0.4 is 5.32 Å². The predicted molar refractivity (Wildman–Crippen MR) is 76.0 cm³/mol. The van der Waals surface area contributed by atoms with E-state index in [0.717, 1.165) is 17.0 Å². The Hall–Kier alpha value is -1.60. The summed E-state index contributed by atoms with van der Waals surface area (Å²) in [7, 11) is 1.74. The molecule has 0 spiro atoms. The predicted octanol–water partition coefficient (Wildman–Crippen LogP) is 1.24. The van der Waals surface area contributed by atoms with Crippen molar-refractivity contribution in [2.75, 3.05) is 26.9 Å². The second kappa shape index (κ2) is 6.91. The molecular formula is C14H23N3O4. The molecule has 2 atom stereocenters. The highest BCUT2D eigenvalue weighted by atomic mass is 16.5. The van der Waals surface area contributed by atoms with Gasteiger partial charge in [-0.2, -0.15) is 0 Å². The minimum Gasteiger partial charge on any atom is -0.376 e. The van der Waals surface area contributed by atoms with E-state index < -0.39 is 0 Å². The fourth-order valence-electron chi connectivity index (χ4n) is 2.35. The van der Waals surface area contributed by atoms with Crippen molar-refractivity contribution in [3.63, 3.8) is 0 Å². The number of nitrogens with zero attached hydrogens (tertiary/aromatic N) is 2. The lowest BCUT2D eigenvalue weighted by Crippen LogP contribution is -2.48. The normalized spacial score (nSPS) is 21.5. The third-order valence-corrected chi connectivity index (χ3v) is 3.64. The number of hydrogen-bond donors (Lipinski definition) is 1. The van der Waals surface area contributed by atoms with Crippen molar-refractivity contribution in [2.24, 2.45) is 0 Å². The van der Waals surface area contributed by atoms with Gasteiger partial charge in [0.05, 0.1) is 31.5 Å². The highest BCUT2D eigenvalue weighted by Crippen LogP contribution is 2.15. The Morgan fingerprint density at radius 2 is 2.24 bits per heavy atom. The Bertz CT molecular complexity index is 469. The van der Waals surface area contributed by atoms with Gasteiger partial charge >= 0.3 is 6.03 Å². The van der Waals surface area contributed by atoms with Crippen molar-refractivity contribution in [1.82, 2.24) is 15.4 Å². The molecule has 0 aromatic carbocycles. The van der Waals surface area contributed by atoms with Crippen LogP contribution in [0.15, 0.2) is 4.52 Å². The van der Waals surface area contributed by atoms with Crippen LogP contribution in [-0.4, -0.2) is 55.1 Å². The number of hydrogen-bond acceptors (Lipinski definition) is 5. The second-order valence-electron chi connectivity index (χ2n) is 5.25. The number of aryl methyl sites for hydroxylation is 2. The summed E-state index contributed by atoms with van der Waals surface area (Å²) in [5.74, 6) is 0.739. The summed E-state index contributed by atoms with van der Waals surface area (Å²) in [5.41, 5.74) is 1.75. The highest BCUT2D eigenvalue weighted by molar-refractivity contribution is 5.74. The van der Waals surface area contributed by atoms with Gasteiger partial charge in [0, 0.05) is 19.2 Å². The lowest BCUT2D eigenvalue weighted by Gasteiger charge is -2.23. The Morgan fingerprint density at radius 3 is 2.86 bits per heavy atom. The van der Waals surface area contributed by atoms with Crippen molar-refractivity contribution < 1.29 is 18.8 Å². The van der Waals surface area contributed by atoms with Crippen molar-refractivity contribution in [2.45, 2.75) is 39.5 Å². The molecule has 2 heterocycles. The number of aromatic nitrogens is 1. The summed E-state index contributed by atoms with van der Waals surface area (Å²) < 4.78 is 16.0. The van der Waals surface area contributed by atoms with Crippen LogP contribution in [0, 0.1) is 13.8 Å². The van der Waals surface area contributed by atoms with Gasteiger partial charge in [0.2, 0.25) is 0 Å². The van der Waals surface area contributed by atoms with Crippen LogP contribution >= 0.6 is 0 Å². The Labute approximate surface area is 124 Å². The average Bonchev–Trinajstić information content (AvgIpc) is 3.01. The molecule has 0 bridgehead atoms. The first-order valence-corrected chi connectivity index (χ1v) is 7.15. The number of carbonyl (C=O) groups excluding carboxylic acids is 1. The maximum atomic E-state index is 12.3. The van der Waals surface area contributed by atoms with Crippen molar-refractivity contribution in [3.05, 3.63) is 17.0 Å². The van der Waals surface area contributed by atoms with Crippen LogP contribution in [0.5, 0.6) is 0 Å². The molecule has 118 valence electrons. The maximum Gasteiger partial charge on any atom is 0.317 e. The molecule has 0 saturated carbocycles. The number of rotatable bonds is 5. The van der Waals surface area contributed by atoms with E-state index in [0.29, 0.717) is 26.4 Å². The molecule has 1 aliphatic heterocycles. The first-order chi connectivity index (χ1) is 10.0. The van der Waals surface area contributed by atoms with E-state index in [1.165, 1.54) is 0 Å². The molecule has 7 heteroatoms. The van der Waals surface area contributed by atoms with E-state index in [4.69, 9.17) is 14.0 Å². The SMILES string of the molecule is CCO[C@H]1COC[C@@H]1NC(=O)N(C)Cc1c(C)noc1C. The molecule has 1 aromatic rings. The zero-order valence-electron chi connectivity index (χ0n) is 13.0. The molecule has 1 N–H and O–H groups in total. The van der Waals surface area contributed by atoms with Crippen molar-refractivity contribution >= 4 is 6.03 Å². The Balaban J connectivity index is 1.91. The van der Waals surface area contributed by atoms with Crippen LogP contribution in [0.25, 0.3) is 0 Å². The summed E-state index contributed by atoms with van der Waals surface area (Å²) >= 11 is 0. The van der Waals surface area contributed by atoms with Gasteiger partial charge in [-0.15, -0.1) is 0 Å². The van der Waals surface area contributed by atoms with E-state index in [-0.39, 0.29) is 18.2 Å². The summed E-state index contributed by atoms with van der Waals surface area (Å²) in [6.07, 6.45) is -0.0774. The molecule has 2 rings (SSSR count). The summed E-state index contributed by atoms with van der Waals surface area (Å²) in [6.45, 7) is 7.71. The Morgan fingerprint density at radius 1 is 1.48 bits per heavy atom. The molecule has 0 unspecified atom stereocenters. The molecule has 1 aromatic heterocycles. The van der Waals surface area contributed by atoms with E-state index in [2.05, 4.69) is 10.5 Å². The maximum absolute atomic E-state index is 12.3. The van der Waals surface area contributed by atoms with Crippen LogP contribution in [-0.2, 0) is 16.0 Å². The molecule has 1 saturated heterocycles. The quantitative estimate of drug-likeness (QED) is 0.884. The zero-order chi connectivity index (χ0) is 15.4. The van der Waals surface area contributed by atoms with Crippen molar-refractivity contribution in [1.29, 1.82) is 0 Å². The van der Waals surface area contributed by atoms with Gasteiger partial charge in [-0.3, -0.25) is 0 Å². The van der Waals surface area contributed by atoms with E-state index in [9.17, 15) is 4.79 Å². The molecule has 0 radical (unpaired) electrons. The molecule has 0 aliphatic carbocycles. The third-order valence-electron chi connectivity index (χ3n) is 3.64. The fraction of sp³-hybridized carbons (Fsp3) is 0.714. The summed E-state index contributed by atoms with van der Waals surface area (Å²) in [4.78, 5) is 13.9. The lowest BCUT2D eigenvalue weighted by atomic mass is 10.2. The standard InChI is InChI=1S/C14H23N3O4/c1-5-20-13-8-19-7-12(13)15-14(18)17(4)6-11-9(2)16-21-10(11)3/h12-13H,5-8H2,1-4H3,(H,15,18)/t12-,13-/m0/s1. The van der Waals surface area contributed by atoms with Gasteiger partial charge in [0.1, 0.15) is 11.9 Å². The van der Waals surface area contributed by atoms with E-state index >= 15 is 0 Å². The minimum absolute atomic E-state index is 0.0774. The van der Waals surface area contributed by atoms with Gasteiger partial charge in [0.15, 0.2) is 0 Å². The van der Waals surface area contributed by atoms with E-state index in [1.54, 1.807) is 11.9 Å². The largest absolute Gasteiger partial charge is 0.376 e. The fourth-order valence-corrected chi connectivity index (χ4v) is 2.35. The number of ether oxygens (including phenoxy) is 2. The lowest BCUT2D eigenvalue weighted by molar-refractivity contribution is 0.0419. The molecule has 1 aliphatic rings. The van der Waals surface area contributed by atoms with Crippen LogP contribution in [0.1, 0.15) is 23.9 Å².